The summed E-state index contributed by atoms with van der Waals surface area (Å²) in [6.07, 6.45) is 4.58. The van der Waals surface area contributed by atoms with Crippen LogP contribution in [0.1, 0.15) is 30.2 Å². The molecule has 1 aromatic carbocycles. The first-order chi connectivity index (χ1) is 13.2. The van der Waals surface area contributed by atoms with Crippen LogP contribution < -0.4 is 10.2 Å². The molecule has 0 aliphatic carbocycles. The first-order valence-corrected chi connectivity index (χ1v) is 10.4. The molecule has 3 heterocycles. The largest absolute Gasteiger partial charge is 0.355 e. The summed E-state index contributed by atoms with van der Waals surface area (Å²) in [5, 5.41) is 4.21. The van der Waals surface area contributed by atoms with E-state index in [0.29, 0.717) is 13.1 Å². The Morgan fingerprint density at radius 1 is 1.30 bits per heavy atom. The highest BCUT2D eigenvalue weighted by Crippen LogP contribution is 2.32. The zero-order chi connectivity index (χ0) is 18.6. The maximum Gasteiger partial charge on any atom is 0.225 e. The molecule has 27 heavy (non-hydrogen) atoms. The summed E-state index contributed by atoms with van der Waals surface area (Å²) in [6.45, 7) is 4.39. The van der Waals surface area contributed by atoms with Crippen LogP contribution in [0.5, 0.6) is 0 Å². The number of fused-ring (bicyclic) bond motifs is 1. The summed E-state index contributed by atoms with van der Waals surface area (Å²) < 4.78 is 0. The van der Waals surface area contributed by atoms with Crippen LogP contribution in [-0.4, -0.2) is 29.0 Å². The van der Waals surface area contributed by atoms with Gasteiger partial charge in [0, 0.05) is 24.5 Å². The number of anilines is 1. The molecule has 1 aliphatic heterocycles. The molecule has 1 aliphatic rings. The molecule has 5 nitrogen and oxygen atoms in total. The summed E-state index contributed by atoms with van der Waals surface area (Å²) in [5.41, 5.74) is 1.13. The van der Waals surface area contributed by atoms with Gasteiger partial charge in [-0.2, -0.15) is 0 Å². The third-order valence-corrected chi connectivity index (χ3v) is 6.30. The van der Waals surface area contributed by atoms with Crippen molar-refractivity contribution in [3.63, 3.8) is 0 Å². The molecule has 0 radical (unpaired) electrons. The van der Waals surface area contributed by atoms with Gasteiger partial charge in [-0.15, -0.1) is 11.3 Å². The number of amides is 1. The maximum atomic E-state index is 12.7. The zero-order valence-corrected chi connectivity index (χ0v) is 16.3. The first kappa shape index (κ1) is 17.9. The van der Waals surface area contributed by atoms with Gasteiger partial charge in [-0.3, -0.25) is 4.79 Å². The quantitative estimate of drug-likeness (QED) is 0.732. The summed E-state index contributed by atoms with van der Waals surface area (Å²) in [7, 11) is 0. The number of carbonyl (C=O) groups excluding carboxylic acids is 1. The Labute approximate surface area is 163 Å². The second kappa shape index (κ2) is 8.05. The van der Waals surface area contributed by atoms with Gasteiger partial charge in [0.2, 0.25) is 5.91 Å². The minimum atomic E-state index is -0.00300. The molecule has 4 rings (SSSR count). The van der Waals surface area contributed by atoms with Crippen molar-refractivity contribution in [2.45, 2.75) is 32.7 Å². The number of piperidine rings is 1. The monoisotopic (exact) mass is 380 g/mol. The lowest BCUT2D eigenvalue weighted by Gasteiger charge is -2.33. The lowest BCUT2D eigenvalue weighted by molar-refractivity contribution is -0.125. The summed E-state index contributed by atoms with van der Waals surface area (Å²) in [5.74, 6) is 1.10. The van der Waals surface area contributed by atoms with Crippen molar-refractivity contribution < 1.29 is 4.79 Å². The topological polar surface area (TPSA) is 58.1 Å². The van der Waals surface area contributed by atoms with Crippen LogP contribution in [0.15, 0.2) is 42.7 Å². The van der Waals surface area contributed by atoms with E-state index in [2.05, 4.69) is 33.2 Å². The number of rotatable bonds is 5. The van der Waals surface area contributed by atoms with Gasteiger partial charge in [-0.25, -0.2) is 9.97 Å². The Bertz CT molecular complexity index is 924. The van der Waals surface area contributed by atoms with E-state index >= 15 is 0 Å². The van der Waals surface area contributed by atoms with E-state index in [1.54, 1.807) is 17.7 Å². The Hall–Kier alpha value is -2.47. The average molecular weight is 381 g/mol. The fourth-order valence-corrected chi connectivity index (χ4v) is 4.56. The molecule has 140 valence electrons. The van der Waals surface area contributed by atoms with E-state index in [0.717, 1.165) is 47.4 Å². The van der Waals surface area contributed by atoms with Crippen molar-refractivity contribution in [3.8, 4) is 0 Å². The molecule has 0 bridgehead atoms. The minimum absolute atomic E-state index is 0.00300. The van der Waals surface area contributed by atoms with Gasteiger partial charge in [0.15, 0.2) is 0 Å². The number of hydrogen-bond donors (Lipinski definition) is 1. The Morgan fingerprint density at radius 3 is 2.96 bits per heavy atom. The van der Waals surface area contributed by atoms with Crippen molar-refractivity contribution in [1.82, 2.24) is 15.3 Å². The molecule has 0 saturated carbocycles. The second-order valence-corrected chi connectivity index (χ2v) is 8.09. The Balaban J connectivity index is 1.46. The van der Waals surface area contributed by atoms with Crippen molar-refractivity contribution >= 4 is 33.3 Å². The van der Waals surface area contributed by atoms with Gasteiger partial charge in [-0.1, -0.05) is 37.3 Å². The Morgan fingerprint density at radius 2 is 2.15 bits per heavy atom. The SMILES string of the molecule is CCc1cc2c(N3CCC[C@@H](C(=O)NCc4ccccc4)C3)ncnc2s1. The van der Waals surface area contributed by atoms with Gasteiger partial charge in [0.25, 0.3) is 0 Å². The summed E-state index contributed by atoms with van der Waals surface area (Å²) in [6, 6.07) is 12.3. The standard InChI is InChI=1S/C21H24N4OS/c1-2-17-11-18-19(23-14-24-21(18)27-17)25-10-6-9-16(13-25)20(26)22-12-15-7-4-3-5-8-15/h3-5,7-8,11,14,16H,2,6,9-10,12-13H2,1H3,(H,22,26)/t16-/m1/s1. The van der Waals surface area contributed by atoms with Crippen LogP contribution in [0, 0.1) is 5.92 Å². The van der Waals surface area contributed by atoms with E-state index in [-0.39, 0.29) is 11.8 Å². The first-order valence-electron chi connectivity index (χ1n) is 9.54. The lowest BCUT2D eigenvalue weighted by atomic mass is 9.97. The number of hydrogen-bond acceptors (Lipinski definition) is 5. The third-order valence-electron chi connectivity index (χ3n) is 5.11. The summed E-state index contributed by atoms with van der Waals surface area (Å²) >= 11 is 1.73. The number of carbonyl (C=O) groups is 1. The lowest BCUT2D eigenvalue weighted by Crippen LogP contribution is -2.43. The molecular formula is C21H24N4OS. The minimum Gasteiger partial charge on any atom is -0.355 e. The maximum absolute atomic E-state index is 12.7. The van der Waals surface area contributed by atoms with Crippen molar-refractivity contribution in [3.05, 3.63) is 53.2 Å². The van der Waals surface area contributed by atoms with Crippen molar-refractivity contribution in [2.24, 2.45) is 5.92 Å². The molecule has 1 fully saturated rings. The van der Waals surface area contributed by atoms with E-state index in [9.17, 15) is 4.79 Å². The molecule has 1 N–H and O–H groups in total. The summed E-state index contributed by atoms with van der Waals surface area (Å²) in [4.78, 5) is 26.3. The molecule has 0 unspecified atom stereocenters. The van der Waals surface area contributed by atoms with Crippen molar-refractivity contribution in [2.75, 3.05) is 18.0 Å². The average Bonchev–Trinajstić information content (AvgIpc) is 3.16. The molecule has 2 aromatic heterocycles. The second-order valence-electron chi connectivity index (χ2n) is 6.97. The van der Waals surface area contributed by atoms with E-state index < -0.39 is 0 Å². The van der Waals surface area contributed by atoms with E-state index in [4.69, 9.17) is 0 Å². The van der Waals surface area contributed by atoms with Crippen LogP contribution in [0.2, 0.25) is 0 Å². The highest BCUT2D eigenvalue weighted by atomic mass is 32.1. The molecule has 1 saturated heterocycles. The smallest absolute Gasteiger partial charge is 0.225 e. The molecule has 3 aromatic rings. The zero-order valence-electron chi connectivity index (χ0n) is 15.5. The van der Waals surface area contributed by atoms with E-state index in [1.807, 2.05) is 30.3 Å². The van der Waals surface area contributed by atoms with E-state index in [1.165, 1.54) is 4.88 Å². The third kappa shape index (κ3) is 3.95. The predicted molar refractivity (Wildman–Crippen MR) is 110 cm³/mol. The fraction of sp³-hybridized carbons (Fsp3) is 0.381. The number of aryl methyl sites for hydroxylation is 1. The molecule has 6 heteroatoms. The Kier molecular flexibility index (Phi) is 5.34. The number of aromatic nitrogens is 2. The predicted octanol–water partition coefficient (Wildman–Crippen LogP) is 3.79. The van der Waals surface area contributed by atoms with Crippen LogP contribution in [0.4, 0.5) is 5.82 Å². The van der Waals surface area contributed by atoms with Gasteiger partial charge in [-0.05, 0) is 30.9 Å². The van der Waals surface area contributed by atoms with Gasteiger partial charge in [0.05, 0.1) is 11.3 Å². The highest BCUT2D eigenvalue weighted by molar-refractivity contribution is 7.18. The number of thiophene rings is 1. The molecule has 0 spiro atoms. The fourth-order valence-electron chi connectivity index (χ4n) is 3.63. The van der Waals surface area contributed by atoms with Crippen LogP contribution in [-0.2, 0) is 17.8 Å². The van der Waals surface area contributed by atoms with Crippen LogP contribution >= 0.6 is 11.3 Å². The van der Waals surface area contributed by atoms with Gasteiger partial charge >= 0.3 is 0 Å². The highest BCUT2D eigenvalue weighted by Gasteiger charge is 2.27. The van der Waals surface area contributed by atoms with Gasteiger partial charge in [0.1, 0.15) is 17.0 Å². The number of benzene rings is 1. The molecule has 1 atom stereocenters. The normalized spacial score (nSPS) is 17.2. The van der Waals surface area contributed by atoms with Crippen LogP contribution in [0.3, 0.4) is 0 Å². The van der Waals surface area contributed by atoms with Gasteiger partial charge < -0.3 is 10.2 Å². The molecular weight excluding hydrogens is 356 g/mol. The number of nitrogens with one attached hydrogen (secondary N) is 1. The van der Waals surface area contributed by atoms with Crippen molar-refractivity contribution in [1.29, 1.82) is 0 Å². The molecule has 1 amide bonds. The van der Waals surface area contributed by atoms with Crippen LogP contribution in [0.25, 0.3) is 10.2 Å². The number of nitrogens with zero attached hydrogens (tertiary/aromatic N) is 3.